The third-order valence-electron chi connectivity index (χ3n) is 13.7. The molecular formula is C40H65O21+. The van der Waals surface area contributed by atoms with E-state index in [0.29, 0.717) is 32.1 Å². The first-order valence-corrected chi connectivity index (χ1v) is 21.6. The SMILES string of the molecule is O=C(C=CC1CCC(O)CC1)OC[C@@]1(O)CO[C@@H](O[C@H]2[C@H](OC3CC4C(O[C@@H]5O[C@H](CO)[C@@H](O)[C@H](O)[C@H]5O)CC(O)CC4[OH+]C3C3CCC(O)C(O)C3)OC[C@@H](O)[C@@H]2O)[C@@H]1O. The minimum atomic E-state index is -2.12. The Morgan fingerprint density at radius 2 is 1.44 bits per heavy atom. The highest BCUT2D eigenvalue weighted by molar-refractivity contribution is 5.82. The molecule has 0 radical (unpaired) electrons. The highest BCUT2D eigenvalue weighted by atomic mass is 16.8. The van der Waals surface area contributed by atoms with Crippen LogP contribution in [0.3, 0.4) is 0 Å². The Morgan fingerprint density at radius 1 is 0.705 bits per heavy atom. The van der Waals surface area contributed by atoms with Gasteiger partial charge in [0, 0.05) is 24.8 Å². The average molecular weight is 882 g/mol. The number of ether oxygens (including phenoxy) is 8. The van der Waals surface area contributed by atoms with Crippen molar-refractivity contribution < 1.29 is 104 Å². The third-order valence-corrected chi connectivity index (χ3v) is 13.7. The summed E-state index contributed by atoms with van der Waals surface area (Å²) in [6.07, 6.45) is -16.5. The first-order chi connectivity index (χ1) is 29.0. The van der Waals surface area contributed by atoms with Crippen LogP contribution < -0.4 is 0 Å². The van der Waals surface area contributed by atoms with E-state index >= 15 is 0 Å². The number of carbonyl (C=O) groups excluding carboxylic acids is 1. The highest BCUT2D eigenvalue weighted by Gasteiger charge is 2.58. The second kappa shape index (κ2) is 20.3. The van der Waals surface area contributed by atoms with Crippen LogP contribution >= 0.6 is 0 Å². The van der Waals surface area contributed by atoms with E-state index in [1.165, 1.54) is 6.08 Å². The molecule has 7 aliphatic rings. The molecule has 21 heteroatoms. The predicted molar refractivity (Wildman–Crippen MR) is 201 cm³/mol. The van der Waals surface area contributed by atoms with E-state index in [1.807, 2.05) is 0 Å². The molecule has 13 N–H and O–H groups in total. The fourth-order valence-electron chi connectivity index (χ4n) is 9.99. The van der Waals surface area contributed by atoms with Crippen molar-refractivity contribution in [2.75, 3.05) is 26.4 Å². The van der Waals surface area contributed by atoms with E-state index in [1.54, 1.807) is 6.08 Å². The molecular weight excluding hydrogens is 816 g/mol. The summed E-state index contributed by atoms with van der Waals surface area (Å²) in [5.74, 6) is -1.51. The van der Waals surface area contributed by atoms with E-state index in [-0.39, 0.29) is 50.0 Å². The Kier molecular flexibility index (Phi) is 15.8. The largest absolute Gasteiger partial charge is 0.459 e. The van der Waals surface area contributed by atoms with E-state index in [0.717, 1.165) is 0 Å². The lowest BCUT2D eigenvalue weighted by Gasteiger charge is -2.50. The monoisotopic (exact) mass is 881 g/mol. The van der Waals surface area contributed by atoms with Gasteiger partial charge in [-0.3, -0.25) is 0 Å². The Morgan fingerprint density at radius 3 is 2.16 bits per heavy atom. The predicted octanol–water partition coefficient (Wildman–Crippen LogP) is -4.92. The van der Waals surface area contributed by atoms with Crippen LogP contribution in [0.5, 0.6) is 0 Å². The maximum Gasteiger partial charge on any atom is 0.330 e. The smallest absolute Gasteiger partial charge is 0.330 e. The number of rotatable bonds is 12. The molecule has 7 fully saturated rings. The Balaban J connectivity index is 1.05. The lowest BCUT2D eigenvalue weighted by atomic mass is 9.72. The van der Waals surface area contributed by atoms with Gasteiger partial charge >= 0.3 is 5.97 Å². The molecule has 9 unspecified atom stereocenters. The summed E-state index contributed by atoms with van der Waals surface area (Å²) in [7, 11) is 0. The number of allylic oxidation sites excluding steroid dienone is 1. The number of esters is 1. The van der Waals surface area contributed by atoms with Gasteiger partial charge in [0.1, 0.15) is 61.5 Å². The van der Waals surface area contributed by atoms with Gasteiger partial charge in [-0.25, -0.2) is 4.79 Å². The standard InChI is InChI=1S/C40H64O21/c41-13-28-31(49)32(50)33(51)37(60-28)58-26-11-20(43)10-25-21(26)12-27(34(57-25)18-4-7-22(44)23(45)9-18)59-38-35(30(48)24(46)14-54-38)61-39-36(52)40(53,16-56-39)15-55-29(47)8-3-17-1-5-19(42)6-2-17/h3,8,17-28,30-39,41-46,48-53H,1-2,4-7,9-16H2/p+1/t17?,18?,19?,20?,21?,22?,23?,24-,25?,26?,27?,28-,30+,31-,32+,33-,34?,35-,36+,37-,38+,39+,40-/m1/s1. The van der Waals surface area contributed by atoms with Gasteiger partial charge in [-0.15, -0.1) is 0 Å². The summed E-state index contributed by atoms with van der Waals surface area (Å²) < 4.78 is 46.3. The molecule has 21 nitrogen and oxygen atoms in total. The molecule has 4 aliphatic heterocycles. The first kappa shape index (κ1) is 47.4. The van der Waals surface area contributed by atoms with Crippen molar-refractivity contribution in [3.8, 4) is 0 Å². The summed E-state index contributed by atoms with van der Waals surface area (Å²) in [4.78, 5) is 12.5. The van der Waals surface area contributed by atoms with Gasteiger partial charge in [-0.2, -0.15) is 0 Å². The van der Waals surface area contributed by atoms with E-state index in [2.05, 4.69) is 0 Å². The Bertz CT molecular complexity index is 1450. The molecule has 0 aromatic rings. The van der Waals surface area contributed by atoms with Gasteiger partial charge in [-0.1, -0.05) is 6.08 Å². The summed E-state index contributed by atoms with van der Waals surface area (Å²) in [5.41, 5.74) is -2.12. The highest BCUT2D eigenvalue weighted by Crippen LogP contribution is 2.44. The summed E-state index contributed by atoms with van der Waals surface area (Å²) in [6, 6.07) is 0. The van der Waals surface area contributed by atoms with Crippen LogP contribution in [0, 0.1) is 17.8 Å². The van der Waals surface area contributed by atoms with Gasteiger partial charge < -0.3 is 99.2 Å². The van der Waals surface area contributed by atoms with Crippen molar-refractivity contribution in [2.24, 2.45) is 17.8 Å². The van der Waals surface area contributed by atoms with Gasteiger partial charge in [0.25, 0.3) is 0 Å². The number of aliphatic hydroxyl groups excluding tert-OH is 11. The van der Waals surface area contributed by atoms with Gasteiger partial charge in [0.05, 0.1) is 56.3 Å². The van der Waals surface area contributed by atoms with Crippen LogP contribution in [0.4, 0.5) is 0 Å². The minimum absolute atomic E-state index is 0.0605. The molecule has 0 spiro atoms. The van der Waals surface area contributed by atoms with E-state index in [4.69, 9.17) is 37.9 Å². The molecule has 21 atom stereocenters. The number of fused-ring (bicyclic) bond motifs is 1. The molecule has 0 amide bonds. The van der Waals surface area contributed by atoms with Crippen molar-refractivity contribution >= 4 is 5.97 Å². The van der Waals surface area contributed by atoms with Crippen molar-refractivity contribution in [3.63, 3.8) is 0 Å². The van der Waals surface area contributed by atoms with Crippen LogP contribution in [0.25, 0.3) is 0 Å². The fraction of sp³-hybridized carbons (Fsp3) is 0.925. The van der Waals surface area contributed by atoms with E-state index in [9.17, 15) is 66.1 Å². The van der Waals surface area contributed by atoms with Gasteiger partial charge in [0.2, 0.25) is 0 Å². The number of aliphatic hydroxyl groups is 14. The van der Waals surface area contributed by atoms with Crippen LogP contribution in [-0.2, 0) is 38.0 Å². The molecule has 3 saturated carbocycles. The van der Waals surface area contributed by atoms with Crippen LogP contribution in [-0.4, -0.2) is 221 Å². The van der Waals surface area contributed by atoms with Crippen molar-refractivity contribution in [2.45, 2.75) is 186 Å². The lowest BCUT2D eigenvalue weighted by Crippen LogP contribution is -2.63. The maximum atomic E-state index is 12.5. The molecule has 0 aromatic heterocycles. The normalized spacial score (nSPS) is 51.0. The van der Waals surface area contributed by atoms with Gasteiger partial charge in [-0.05, 0) is 57.3 Å². The van der Waals surface area contributed by atoms with Crippen molar-refractivity contribution in [3.05, 3.63) is 12.2 Å². The third kappa shape index (κ3) is 10.8. The fourth-order valence-corrected chi connectivity index (χ4v) is 9.99. The van der Waals surface area contributed by atoms with E-state index < -0.39 is 154 Å². The molecule has 4 heterocycles. The lowest BCUT2D eigenvalue weighted by molar-refractivity contribution is -0.368. The Hall–Kier alpha value is -1.55. The van der Waals surface area contributed by atoms with Crippen molar-refractivity contribution in [1.29, 1.82) is 0 Å². The molecule has 61 heavy (non-hydrogen) atoms. The first-order valence-electron chi connectivity index (χ1n) is 21.6. The molecule has 7 rings (SSSR count). The summed E-state index contributed by atoms with van der Waals surface area (Å²) in [6.45, 7) is -2.26. The minimum Gasteiger partial charge on any atom is -0.459 e. The maximum absolute atomic E-state index is 12.5. The zero-order valence-corrected chi connectivity index (χ0v) is 33.8. The molecule has 3 aliphatic carbocycles. The number of hydrogen-bond acceptors (Lipinski definition) is 20. The second-order valence-electron chi connectivity index (χ2n) is 18.1. The van der Waals surface area contributed by atoms with Gasteiger partial charge in [0.15, 0.2) is 36.7 Å². The zero-order valence-electron chi connectivity index (χ0n) is 33.8. The molecule has 0 aromatic carbocycles. The number of carbonyl (C=O) groups is 1. The topological polar surface area (TPSA) is 337 Å². The molecule has 4 saturated heterocycles. The summed E-state index contributed by atoms with van der Waals surface area (Å²) in [5, 5.41) is 127. The number of hydrogen-bond donors (Lipinski definition) is 12. The Labute approximate surface area is 352 Å². The molecule has 350 valence electrons. The quantitative estimate of drug-likeness (QED) is 0.0496. The second-order valence-corrected chi connectivity index (χ2v) is 18.1. The zero-order chi connectivity index (χ0) is 43.7. The average Bonchev–Trinajstić information content (AvgIpc) is 3.52. The van der Waals surface area contributed by atoms with Crippen LogP contribution in [0.15, 0.2) is 12.2 Å². The van der Waals surface area contributed by atoms with Crippen LogP contribution in [0.2, 0.25) is 0 Å². The van der Waals surface area contributed by atoms with Crippen molar-refractivity contribution in [1.82, 2.24) is 0 Å². The van der Waals surface area contributed by atoms with Crippen LogP contribution in [0.1, 0.15) is 64.2 Å². The molecule has 0 bridgehead atoms. The summed E-state index contributed by atoms with van der Waals surface area (Å²) >= 11 is 0.